The van der Waals surface area contributed by atoms with Gasteiger partial charge in [-0.25, -0.2) is 9.78 Å². The fourth-order valence-corrected chi connectivity index (χ4v) is 2.28. The lowest BCUT2D eigenvalue weighted by Gasteiger charge is -2.33. The van der Waals surface area contributed by atoms with Crippen LogP contribution < -0.4 is 0 Å². The van der Waals surface area contributed by atoms with Crippen LogP contribution in [0.2, 0.25) is 0 Å². The van der Waals surface area contributed by atoms with E-state index in [2.05, 4.69) is 9.97 Å². The number of nitrogens with zero attached hydrogens (tertiary/aromatic N) is 3. The summed E-state index contributed by atoms with van der Waals surface area (Å²) in [4.78, 5) is 33.5. The lowest BCUT2D eigenvalue weighted by Crippen LogP contribution is -2.45. The number of rotatable bonds is 4. The van der Waals surface area contributed by atoms with E-state index < -0.39 is 5.60 Å². The summed E-state index contributed by atoms with van der Waals surface area (Å²) in [6.45, 7) is 6.52. The monoisotopic (exact) mass is 321 g/mol. The number of aromatic nitrogens is 2. The minimum atomic E-state index is -0.521. The predicted molar refractivity (Wildman–Crippen MR) is 83.1 cm³/mol. The van der Waals surface area contributed by atoms with E-state index in [0.29, 0.717) is 13.1 Å². The summed E-state index contributed by atoms with van der Waals surface area (Å²) in [5, 5.41) is 0. The molecule has 1 aromatic rings. The highest BCUT2D eigenvalue weighted by molar-refractivity contribution is 5.94. The number of likely N-dealkylation sites (tertiary alicyclic amines) is 1. The van der Waals surface area contributed by atoms with E-state index in [0.717, 1.165) is 12.8 Å². The number of hydrogen-bond donors (Lipinski definition) is 0. The Labute approximate surface area is 136 Å². The van der Waals surface area contributed by atoms with Gasteiger partial charge in [-0.05, 0) is 33.6 Å². The summed E-state index contributed by atoms with van der Waals surface area (Å²) in [6, 6.07) is 0. The van der Waals surface area contributed by atoms with E-state index in [-0.39, 0.29) is 30.3 Å². The zero-order valence-corrected chi connectivity index (χ0v) is 13.8. The predicted octanol–water partition coefficient (Wildman–Crippen LogP) is 2.08. The second-order valence-corrected chi connectivity index (χ2v) is 6.52. The quantitative estimate of drug-likeness (QED) is 0.790. The van der Waals surface area contributed by atoms with E-state index in [4.69, 9.17) is 9.47 Å². The van der Waals surface area contributed by atoms with Crippen molar-refractivity contribution in [1.82, 2.24) is 14.9 Å². The maximum Gasteiger partial charge on any atom is 0.410 e. The highest BCUT2D eigenvalue weighted by Gasteiger charge is 2.28. The lowest BCUT2D eigenvalue weighted by molar-refractivity contribution is -0.0164. The van der Waals surface area contributed by atoms with Gasteiger partial charge in [-0.1, -0.05) is 0 Å². The zero-order chi connectivity index (χ0) is 16.9. The van der Waals surface area contributed by atoms with Gasteiger partial charge in [-0.15, -0.1) is 0 Å². The average Bonchev–Trinajstić information content (AvgIpc) is 2.52. The van der Waals surface area contributed by atoms with Crippen molar-refractivity contribution < 1.29 is 19.1 Å². The Bertz CT molecular complexity index is 542. The first-order valence-corrected chi connectivity index (χ1v) is 7.74. The molecule has 7 nitrogen and oxygen atoms in total. The number of carbonyl (C=O) groups is 2. The van der Waals surface area contributed by atoms with Gasteiger partial charge in [-0.3, -0.25) is 9.78 Å². The van der Waals surface area contributed by atoms with Gasteiger partial charge in [0.2, 0.25) is 5.78 Å². The largest absolute Gasteiger partial charge is 0.444 e. The van der Waals surface area contributed by atoms with Crippen LogP contribution in [0, 0.1) is 0 Å². The molecule has 2 heterocycles. The summed E-state index contributed by atoms with van der Waals surface area (Å²) in [5.41, 5.74) is -0.236. The molecule has 1 saturated heterocycles. The van der Waals surface area contributed by atoms with Crippen molar-refractivity contribution in [1.29, 1.82) is 0 Å². The van der Waals surface area contributed by atoms with Gasteiger partial charge >= 0.3 is 6.09 Å². The van der Waals surface area contributed by atoms with Gasteiger partial charge in [0, 0.05) is 18.9 Å². The number of ketones is 1. The van der Waals surface area contributed by atoms with Crippen molar-refractivity contribution >= 4 is 11.9 Å². The van der Waals surface area contributed by atoms with Crippen molar-refractivity contribution in [3.05, 3.63) is 24.3 Å². The topological polar surface area (TPSA) is 81.6 Å². The smallest absolute Gasteiger partial charge is 0.410 e. The van der Waals surface area contributed by atoms with Crippen LogP contribution >= 0.6 is 0 Å². The third kappa shape index (κ3) is 5.59. The Kier molecular flexibility index (Phi) is 5.65. The number of carbonyl (C=O) groups excluding carboxylic acids is 2. The molecule has 0 spiro atoms. The Morgan fingerprint density at radius 3 is 2.78 bits per heavy atom. The third-order valence-electron chi connectivity index (χ3n) is 3.33. The Hall–Kier alpha value is -2.02. The van der Waals surface area contributed by atoms with Gasteiger partial charge in [0.25, 0.3) is 0 Å². The second-order valence-electron chi connectivity index (χ2n) is 6.52. The summed E-state index contributed by atoms with van der Waals surface area (Å²) < 4.78 is 11.0. The maximum atomic E-state index is 12.1. The van der Waals surface area contributed by atoms with Crippen molar-refractivity contribution in [2.45, 2.75) is 45.3 Å². The first-order valence-electron chi connectivity index (χ1n) is 7.74. The molecule has 0 aliphatic carbocycles. The van der Waals surface area contributed by atoms with Crippen LogP contribution in [-0.4, -0.2) is 58.1 Å². The molecular formula is C16H23N3O4. The fourth-order valence-electron chi connectivity index (χ4n) is 2.28. The van der Waals surface area contributed by atoms with Crippen LogP contribution in [0.25, 0.3) is 0 Å². The molecule has 0 N–H and O–H groups in total. The molecule has 1 amide bonds. The number of Topliss-reactive ketones (excluding diaryl/α,β-unsaturated/α-hetero) is 1. The van der Waals surface area contributed by atoms with Crippen molar-refractivity contribution in [3.63, 3.8) is 0 Å². The standard InChI is InChI=1S/C16H23N3O4/c1-16(2,3)23-15(21)19-8-4-5-12(10-19)22-11-14(20)13-9-17-6-7-18-13/h6-7,9,12H,4-5,8,10-11H2,1-3H3/t12-/m0/s1. The number of piperidine rings is 1. The zero-order valence-electron chi connectivity index (χ0n) is 13.8. The molecule has 0 saturated carbocycles. The molecule has 0 aromatic carbocycles. The molecule has 0 unspecified atom stereocenters. The van der Waals surface area contributed by atoms with Crippen molar-refractivity contribution in [2.75, 3.05) is 19.7 Å². The Morgan fingerprint density at radius 1 is 1.35 bits per heavy atom. The Morgan fingerprint density at radius 2 is 2.13 bits per heavy atom. The van der Waals surface area contributed by atoms with Gasteiger partial charge in [0.15, 0.2) is 0 Å². The Balaban J connectivity index is 1.82. The highest BCUT2D eigenvalue weighted by atomic mass is 16.6. The highest BCUT2D eigenvalue weighted by Crippen LogP contribution is 2.17. The normalized spacial score (nSPS) is 18.6. The van der Waals surface area contributed by atoms with Gasteiger partial charge in [-0.2, -0.15) is 0 Å². The van der Waals surface area contributed by atoms with Crippen LogP contribution in [0.1, 0.15) is 44.1 Å². The molecule has 0 bridgehead atoms. The molecule has 1 aromatic heterocycles. The fraction of sp³-hybridized carbons (Fsp3) is 0.625. The lowest BCUT2D eigenvalue weighted by atomic mass is 10.1. The summed E-state index contributed by atoms with van der Waals surface area (Å²) >= 11 is 0. The molecule has 7 heteroatoms. The number of hydrogen-bond acceptors (Lipinski definition) is 6. The van der Waals surface area contributed by atoms with E-state index in [1.165, 1.54) is 18.6 Å². The summed E-state index contributed by atoms with van der Waals surface area (Å²) in [6.07, 6.45) is 5.52. The van der Waals surface area contributed by atoms with Crippen LogP contribution in [0.4, 0.5) is 4.79 Å². The SMILES string of the molecule is CC(C)(C)OC(=O)N1CCC[C@H](OCC(=O)c2cnccn2)C1. The first kappa shape index (κ1) is 17.3. The second kappa shape index (κ2) is 7.50. The maximum absolute atomic E-state index is 12.1. The summed E-state index contributed by atoms with van der Waals surface area (Å²) in [7, 11) is 0. The minimum absolute atomic E-state index is 0.0640. The molecule has 23 heavy (non-hydrogen) atoms. The van der Waals surface area contributed by atoms with Crippen LogP contribution in [0.15, 0.2) is 18.6 Å². The van der Waals surface area contributed by atoms with E-state index in [9.17, 15) is 9.59 Å². The number of ether oxygens (including phenoxy) is 2. The average molecular weight is 321 g/mol. The minimum Gasteiger partial charge on any atom is -0.444 e. The van der Waals surface area contributed by atoms with Crippen molar-refractivity contribution in [3.8, 4) is 0 Å². The van der Waals surface area contributed by atoms with E-state index in [1.807, 2.05) is 20.8 Å². The molecule has 1 fully saturated rings. The molecule has 2 rings (SSSR count). The van der Waals surface area contributed by atoms with Crippen LogP contribution in [-0.2, 0) is 9.47 Å². The van der Waals surface area contributed by atoms with Crippen LogP contribution in [0.5, 0.6) is 0 Å². The molecule has 1 atom stereocenters. The molecule has 126 valence electrons. The molecular weight excluding hydrogens is 298 g/mol. The van der Waals surface area contributed by atoms with Gasteiger partial charge in [0.1, 0.15) is 17.9 Å². The van der Waals surface area contributed by atoms with E-state index in [1.54, 1.807) is 4.90 Å². The van der Waals surface area contributed by atoms with E-state index >= 15 is 0 Å². The van der Waals surface area contributed by atoms with Gasteiger partial charge in [0.05, 0.1) is 18.8 Å². The third-order valence-corrected chi connectivity index (χ3v) is 3.33. The van der Waals surface area contributed by atoms with Crippen LogP contribution in [0.3, 0.4) is 0 Å². The summed E-state index contributed by atoms with van der Waals surface area (Å²) in [5.74, 6) is -0.215. The molecule has 1 aliphatic rings. The first-order chi connectivity index (χ1) is 10.8. The molecule has 1 aliphatic heterocycles. The van der Waals surface area contributed by atoms with Gasteiger partial charge < -0.3 is 14.4 Å². The number of amides is 1. The van der Waals surface area contributed by atoms with Crippen molar-refractivity contribution in [2.24, 2.45) is 0 Å². The molecule has 0 radical (unpaired) electrons.